The summed E-state index contributed by atoms with van der Waals surface area (Å²) < 4.78 is 14.9. The number of rotatable bonds is 6. The number of benzene rings is 1. The number of aromatic nitrogens is 2. The van der Waals surface area contributed by atoms with Gasteiger partial charge >= 0.3 is 5.97 Å². The van der Waals surface area contributed by atoms with Crippen molar-refractivity contribution in [3.05, 3.63) is 48.0 Å². The highest BCUT2D eigenvalue weighted by molar-refractivity contribution is 5.94. The minimum atomic E-state index is -1.09. The number of carboxylic acid groups (broad SMARTS) is 1. The van der Waals surface area contributed by atoms with Gasteiger partial charge in [-0.3, -0.25) is 4.79 Å². The minimum Gasteiger partial charge on any atom is -0.480 e. The summed E-state index contributed by atoms with van der Waals surface area (Å²) in [5.41, 5.74) is 0.246. The van der Waals surface area contributed by atoms with Crippen molar-refractivity contribution in [1.29, 1.82) is 0 Å². The first-order valence-corrected chi connectivity index (χ1v) is 6.87. The van der Waals surface area contributed by atoms with E-state index in [0.717, 1.165) is 0 Å². The maximum atomic E-state index is 13.7. The second kappa shape index (κ2) is 6.84. The van der Waals surface area contributed by atoms with E-state index < -0.39 is 23.7 Å². The fourth-order valence-electron chi connectivity index (χ4n) is 1.99. The van der Waals surface area contributed by atoms with Gasteiger partial charge in [-0.2, -0.15) is 5.10 Å². The van der Waals surface area contributed by atoms with E-state index >= 15 is 0 Å². The lowest BCUT2D eigenvalue weighted by Gasteiger charge is -2.12. The van der Waals surface area contributed by atoms with Crippen LogP contribution in [0.4, 0.5) is 4.39 Å². The van der Waals surface area contributed by atoms with E-state index in [9.17, 15) is 14.0 Å². The largest absolute Gasteiger partial charge is 0.480 e. The molecule has 2 rings (SSSR count). The Labute approximate surface area is 126 Å². The van der Waals surface area contributed by atoms with Gasteiger partial charge in [0.15, 0.2) is 5.69 Å². The molecule has 6 nitrogen and oxygen atoms in total. The van der Waals surface area contributed by atoms with Gasteiger partial charge in [0.05, 0.1) is 0 Å². The molecule has 0 unspecified atom stereocenters. The first kappa shape index (κ1) is 15.7. The normalized spacial score (nSPS) is 11.9. The van der Waals surface area contributed by atoms with Gasteiger partial charge in [-0.05, 0) is 24.6 Å². The zero-order valence-electron chi connectivity index (χ0n) is 12.0. The van der Waals surface area contributed by atoms with Gasteiger partial charge in [0.2, 0.25) is 0 Å². The molecule has 1 aromatic heterocycles. The van der Waals surface area contributed by atoms with E-state index in [1.165, 1.54) is 29.1 Å². The maximum absolute atomic E-state index is 13.7. The highest BCUT2D eigenvalue weighted by Gasteiger charge is 2.21. The van der Waals surface area contributed by atoms with Crippen molar-refractivity contribution < 1.29 is 19.1 Å². The van der Waals surface area contributed by atoms with Crippen LogP contribution in [0.15, 0.2) is 36.5 Å². The Kier molecular flexibility index (Phi) is 4.88. The molecule has 1 atom stereocenters. The van der Waals surface area contributed by atoms with Gasteiger partial charge in [0.1, 0.15) is 17.5 Å². The number of halogens is 1. The molecule has 0 aliphatic carbocycles. The van der Waals surface area contributed by atoms with Crippen molar-refractivity contribution in [2.24, 2.45) is 0 Å². The summed E-state index contributed by atoms with van der Waals surface area (Å²) in [6, 6.07) is 6.47. The van der Waals surface area contributed by atoms with Crippen LogP contribution in [0.25, 0.3) is 5.69 Å². The van der Waals surface area contributed by atoms with Crippen molar-refractivity contribution in [3.63, 3.8) is 0 Å². The fourth-order valence-corrected chi connectivity index (χ4v) is 1.99. The molecule has 0 aliphatic rings. The number of para-hydroxylation sites is 1. The van der Waals surface area contributed by atoms with E-state index in [0.29, 0.717) is 12.8 Å². The zero-order chi connectivity index (χ0) is 16.1. The molecule has 0 saturated carbocycles. The van der Waals surface area contributed by atoms with Gasteiger partial charge in [-0.1, -0.05) is 25.5 Å². The Hall–Kier alpha value is -2.70. The number of hydrogen-bond acceptors (Lipinski definition) is 3. The standard InChI is InChI=1S/C15H16FN3O3/c1-2-5-12(15(21)22)17-14(20)11-8-9-19(18-11)13-7-4-3-6-10(13)16/h3-4,6-9,12H,2,5H2,1H3,(H,17,20)(H,21,22)/t12-/m1/s1. The van der Waals surface area contributed by atoms with Crippen LogP contribution in [0.2, 0.25) is 0 Å². The second-order valence-electron chi connectivity index (χ2n) is 4.75. The van der Waals surface area contributed by atoms with Crippen molar-refractivity contribution in [1.82, 2.24) is 15.1 Å². The Bertz CT molecular complexity index is 684. The molecule has 2 aromatic rings. The van der Waals surface area contributed by atoms with Gasteiger partial charge in [0.25, 0.3) is 5.91 Å². The molecule has 0 radical (unpaired) electrons. The number of carbonyl (C=O) groups excluding carboxylic acids is 1. The molecule has 1 heterocycles. The van der Waals surface area contributed by atoms with E-state index in [4.69, 9.17) is 5.11 Å². The second-order valence-corrected chi connectivity index (χ2v) is 4.75. The van der Waals surface area contributed by atoms with E-state index in [1.807, 2.05) is 6.92 Å². The molecule has 0 spiro atoms. The third-order valence-electron chi connectivity index (χ3n) is 3.10. The summed E-state index contributed by atoms with van der Waals surface area (Å²) in [4.78, 5) is 23.1. The molecular weight excluding hydrogens is 289 g/mol. The minimum absolute atomic E-state index is 0.0330. The van der Waals surface area contributed by atoms with Crippen LogP contribution in [0.5, 0.6) is 0 Å². The lowest BCUT2D eigenvalue weighted by atomic mass is 10.1. The lowest BCUT2D eigenvalue weighted by molar-refractivity contribution is -0.139. The number of amides is 1. The number of nitrogens with zero attached hydrogens (tertiary/aromatic N) is 2. The van der Waals surface area contributed by atoms with Crippen LogP contribution in [0.3, 0.4) is 0 Å². The third-order valence-corrected chi connectivity index (χ3v) is 3.10. The van der Waals surface area contributed by atoms with Crippen LogP contribution in [-0.2, 0) is 4.79 Å². The number of carboxylic acids is 1. The van der Waals surface area contributed by atoms with Crippen LogP contribution in [-0.4, -0.2) is 32.8 Å². The van der Waals surface area contributed by atoms with E-state index in [2.05, 4.69) is 10.4 Å². The maximum Gasteiger partial charge on any atom is 0.326 e. The zero-order valence-corrected chi connectivity index (χ0v) is 12.0. The quantitative estimate of drug-likeness (QED) is 0.855. The Morgan fingerprint density at radius 2 is 2.09 bits per heavy atom. The number of aliphatic carboxylic acids is 1. The van der Waals surface area contributed by atoms with Crippen molar-refractivity contribution in [2.75, 3.05) is 0 Å². The van der Waals surface area contributed by atoms with Crippen LogP contribution in [0, 0.1) is 5.82 Å². The molecule has 0 aliphatic heterocycles. The molecule has 0 bridgehead atoms. The lowest BCUT2D eigenvalue weighted by Crippen LogP contribution is -2.40. The predicted octanol–water partition coefficient (Wildman–Crippen LogP) is 1.99. The van der Waals surface area contributed by atoms with Crippen molar-refractivity contribution in [2.45, 2.75) is 25.8 Å². The molecule has 1 amide bonds. The summed E-state index contributed by atoms with van der Waals surface area (Å²) in [5.74, 6) is -2.16. The van der Waals surface area contributed by atoms with Gasteiger partial charge < -0.3 is 10.4 Å². The smallest absolute Gasteiger partial charge is 0.326 e. The molecular formula is C15H16FN3O3. The first-order valence-electron chi connectivity index (χ1n) is 6.87. The molecule has 1 aromatic carbocycles. The predicted molar refractivity (Wildman–Crippen MR) is 77.3 cm³/mol. The third kappa shape index (κ3) is 3.49. The molecule has 2 N–H and O–H groups in total. The summed E-state index contributed by atoms with van der Waals surface area (Å²) in [6.45, 7) is 1.83. The summed E-state index contributed by atoms with van der Waals surface area (Å²) in [5, 5.41) is 15.4. The van der Waals surface area contributed by atoms with Crippen LogP contribution in [0.1, 0.15) is 30.3 Å². The summed E-state index contributed by atoms with van der Waals surface area (Å²) >= 11 is 0. The number of carbonyl (C=O) groups is 2. The Morgan fingerprint density at radius 1 is 1.36 bits per heavy atom. The average Bonchev–Trinajstić information content (AvgIpc) is 2.96. The van der Waals surface area contributed by atoms with E-state index in [1.54, 1.807) is 12.1 Å². The number of hydrogen-bond donors (Lipinski definition) is 2. The van der Waals surface area contributed by atoms with Gasteiger partial charge in [-0.25, -0.2) is 13.9 Å². The molecule has 116 valence electrons. The van der Waals surface area contributed by atoms with Crippen molar-refractivity contribution >= 4 is 11.9 Å². The van der Waals surface area contributed by atoms with Gasteiger partial charge in [-0.15, -0.1) is 0 Å². The monoisotopic (exact) mass is 305 g/mol. The SMILES string of the molecule is CCC[C@@H](NC(=O)c1ccn(-c2ccccc2F)n1)C(=O)O. The van der Waals surface area contributed by atoms with Crippen LogP contribution >= 0.6 is 0 Å². The summed E-state index contributed by atoms with van der Waals surface area (Å²) in [7, 11) is 0. The van der Waals surface area contributed by atoms with Crippen LogP contribution < -0.4 is 5.32 Å². The molecule has 0 saturated heterocycles. The molecule has 0 fully saturated rings. The summed E-state index contributed by atoms with van der Waals surface area (Å²) in [6.07, 6.45) is 2.40. The Balaban J connectivity index is 2.16. The highest BCUT2D eigenvalue weighted by atomic mass is 19.1. The van der Waals surface area contributed by atoms with E-state index in [-0.39, 0.29) is 11.4 Å². The Morgan fingerprint density at radius 3 is 2.73 bits per heavy atom. The topological polar surface area (TPSA) is 84.2 Å². The van der Waals surface area contributed by atoms with Crippen molar-refractivity contribution in [3.8, 4) is 5.69 Å². The molecule has 7 heteroatoms. The fraction of sp³-hybridized carbons (Fsp3) is 0.267. The first-order chi connectivity index (χ1) is 10.5. The average molecular weight is 305 g/mol. The van der Waals surface area contributed by atoms with Gasteiger partial charge in [0, 0.05) is 6.20 Å². The molecule has 22 heavy (non-hydrogen) atoms. The number of nitrogens with one attached hydrogen (secondary N) is 1. The highest BCUT2D eigenvalue weighted by Crippen LogP contribution is 2.12.